The Bertz CT molecular complexity index is 503. The summed E-state index contributed by atoms with van der Waals surface area (Å²) in [5.41, 5.74) is 0.551. The van der Waals surface area contributed by atoms with Gasteiger partial charge in [-0.15, -0.1) is 11.3 Å². The number of H-pyrrole nitrogens is 1. The normalized spacial score (nSPS) is 11.7. The van der Waals surface area contributed by atoms with E-state index in [1.807, 2.05) is 0 Å². The molecule has 2 rings (SSSR count). The SMILES string of the molecule is O=S(=O)(NCc1cn[nH]n1)c1cccs1. The molecule has 0 aromatic carbocycles. The average molecular weight is 244 g/mol. The first-order valence-corrected chi connectivity index (χ1v) is 6.42. The van der Waals surface area contributed by atoms with Crippen LogP contribution in [0.25, 0.3) is 0 Å². The van der Waals surface area contributed by atoms with Crippen molar-refractivity contribution in [2.75, 3.05) is 0 Å². The van der Waals surface area contributed by atoms with Crippen molar-refractivity contribution in [2.45, 2.75) is 10.8 Å². The number of aromatic amines is 1. The van der Waals surface area contributed by atoms with Crippen LogP contribution in [-0.2, 0) is 16.6 Å². The minimum atomic E-state index is -3.41. The number of aromatic nitrogens is 3. The zero-order valence-electron chi connectivity index (χ0n) is 7.54. The standard InChI is InChI=1S/C7H8N4O2S2/c12-15(13,7-2-1-3-14-7)9-5-6-4-8-11-10-6/h1-4,9H,5H2,(H,8,10,11). The summed E-state index contributed by atoms with van der Waals surface area (Å²) in [5.74, 6) is 0. The van der Waals surface area contributed by atoms with Gasteiger partial charge in [0, 0.05) is 0 Å². The first kappa shape index (κ1) is 10.3. The Labute approximate surface area is 90.4 Å². The van der Waals surface area contributed by atoms with Crippen LogP contribution in [0.3, 0.4) is 0 Å². The molecule has 0 aliphatic carbocycles. The molecule has 0 aliphatic heterocycles. The fourth-order valence-corrected chi connectivity index (χ4v) is 3.00. The van der Waals surface area contributed by atoms with Crippen molar-refractivity contribution in [3.8, 4) is 0 Å². The Balaban J connectivity index is 2.06. The quantitative estimate of drug-likeness (QED) is 0.812. The average Bonchev–Trinajstić information content (AvgIpc) is 2.88. The molecule has 80 valence electrons. The summed E-state index contributed by atoms with van der Waals surface area (Å²) in [5, 5.41) is 11.4. The summed E-state index contributed by atoms with van der Waals surface area (Å²) >= 11 is 1.17. The van der Waals surface area contributed by atoms with Gasteiger partial charge < -0.3 is 0 Å². The number of nitrogens with zero attached hydrogens (tertiary/aromatic N) is 2. The van der Waals surface area contributed by atoms with Crippen LogP contribution >= 0.6 is 11.3 Å². The van der Waals surface area contributed by atoms with E-state index < -0.39 is 10.0 Å². The monoisotopic (exact) mass is 244 g/mol. The minimum absolute atomic E-state index is 0.136. The van der Waals surface area contributed by atoms with Crippen molar-refractivity contribution in [1.82, 2.24) is 20.1 Å². The highest BCUT2D eigenvalue weighted by Crippen LogP contribution is 2.15. The number of hydrogen-bond acceptors (Lipinski definition) is 5. The number of sulfonamides is 1. The molecule has 0 amide bonds. The molecule has 0 bridgehead atoms. The minimum Gasteiger partial charge on any atom is -0.206 e. The number of nitrogens with one attached hydrogen (secondary N) is 2. The van der Waals surface area contributed by atoms with Crippen molar-refractivity contribution < 1.29 is 8.42 Å². The second kappa shape index (κ2) is 4.09. The van der Waals surface area contributed by atoms with Gasteiger partial charge in [0.05, 0.1) is 18.4 Å². The smallest absolute Gasteiger partial charge is 0.206 e. The molecule has 2 heterocycles. The fourth-order valence-electron chi connectivity index (χ4n) is 0.967. The van der Waals surface area contributed by atoms with Crippen LogP contribution in [0.2, 0.25) is 0 Å². The lowest BCUT2D eigenvalue weighted by atomic mass is 10.5. The van der Waals surface area contributed by atoms with Gasteiger partial charge in [0.2, 0.25) is 10.0 Å². The summed E-state index contributed by atoms with van der Waals surface area (Å²) < 4.78 is 26.0. The predicted octanol–water partition coefficient (Wildman–Crippen LogP) is 0.345. The maximum absolute atomic E-state index is 11.6. The molecular formula is C7H8N4O2S2. The molecule has 0 aliphatic rings. The second-order valence-corrected chi connectivity index (χ2v) is 5.66. The first-order chi connectivity index (χ1) is 7.18. The summed E-state index contributed by atoms with van der Waals surface area (Å²) in [4.78, 5) is 0. The first-order valence-electron chi connectivity index (χ1n) is 4.06. The van der Waals surface area contributed by atoms with E-state index in [4.69, 9.17) is 0 Å². The molecule has 0 saturated heterocycles. The van der Waals surface area contributed by atoms with E-state index >= 15 is 0 Å². The third-order valence-corrected chi connectivity index (χ3v) is 4.47. The lowest BCUT2D eigenvalue weighted by Crippen LogP contribution is -2.22. The summed E-state index contributed by atoms with van der Waals surface area (Å²) in [6.45, 7) is 0.136. The van der Waals surface area contributed by atoms with Crippen molar-refractivity contribution >= 4 is 21.4 Å². The lowest BCUT2D eigenvalue weighted by molar-refractivity contribution is 0.582. The van der Waals surface area contributed by atoms with Gasteiger partial charge in [-0.1, -0.05) is 6.07 Å². The molecule has 0 spiro atoms. The van der Waals surface area contributed by atoms with E-state index in [9.17, 15) is 8.42 Å². The highest BCUT2D eigenvalue weighted by molar-refractivity contribution is 7.91. The van der Waals surface area contributed by atoms with E-state index in [0.717, 1.165) is 0 Å². The van der Waals surface area contributed by atoms with Gasteiger partial charge in [-0.05, 0) is 11.4 Å². The second-order valence-electron chi connectivity index (χ2n) is 2.72. The maximum Gasteiger partial charge on any atom is 0.250 e. The van der Waals surface area contributed by atoms with Crippen molar-refractivity contribution in [1.29, 1.82) is 0 Å². The maximum atomic E-state index is 11.6. The molecule has 6 nitrogen and oxygen atoms in total. The summed E-state index contributed by atoms with van der Waals surface area (Å²) in [7, 11) is -3.41. The Kier molecular flexibility index (Phi) is 2.80. The van der Waals surface area contributed by atoms with Crippen molar-refractivity contribution in [3.05, 3.63) is 29.4 Å². The van der Waals surface area contributed by atoms with E-state index in [2.05, 4.69) is 20.1 Å². The largest absolute Gasteiger partial charge is 0.250 e. The van der Waals surface area contributed by atoms with Crippen LogP contribution in [0.1, 0.15) is 5.69 Å². The zero-order valence-corrected chi connectivity index (χ0v) is 9.18. The molecule has 2 aromatic heterocycles. The van der Waals surface area contributed by atoms with Gasteiger partial charge in [-0.25, -0.2) is 13.1 Å². The molecule has 2 aromatic rings. The third-order valence-electron chi connectivity index (χ3n) is 1.67. The fraction of sp³-hybridized carbons (Fsp3) is 0.143. The van der Waals surface area contributed by atoms with Gasteiger partial charge in [-0.2, -0.15) is 15.4 Å². The highest BCUT2D eigenvalue weighted by Gasteiger charge is 2.14. The summed E-state index contributed by atoms with van der Waals surface area (Å²) in [6, 6.07) is 3.24. The van der Waals surface area contributed by atoms with Crippen LogP contribution in [0.4, 0.5) is 0 Å². The van der Waals surface area contributed by atoms with Crippen LogP contribution in [0, 0.1) is 0 Å². The molecule has 2 N–H and O–H groups in total. The number of thiophene rings is 1. The van der Waals surface area contributed by atoms with E-state index in [0.29, 0.717) is 9.90 Å². The molecule has 0 fully saturated rings. The van der Waals surface area contributed by atoms with Gasteiger partial charge in [0.25, 0.3) is 0 Å². The van der Waals surface area contributed by atoms with Crippen molar-refractivity contribution in [3.63, 3.8) is 0 Å². The lowest BCUT2D eigenvalue weighted by Gasteiger charge is -2.01. The van der Waals surface area contributed by atoms with E-state index in [-0.39, 0.29) is 6.54 Å². The third kappa shape index (κ3) is 2.41. The van der Waals surface area contributed by atoms with E-state index in [1.165, 1.54) is 17.5 Å². The Hall–Kier alpha value is -1.25. The molecule has 0 saturated carbocycles. The molecule has 8 heteroatoms. The van der Waals surface area contributed by atoms with Gasteiger partial charge in [-0.3, -0.25) is 0 Å². The van der Waals surface area contributed by atoms with Crippen LogP contribution in [-0.4, -0.2) is 23.8 Å². The Morgan fingerprint density at radius 1 is 1.53 bits per heavy atom. The van der Waals surface area contributed by atoms with E-state index in [1.54, 1.807) is 17.5 Å². The highest BCUT2D eigenvalue weighted by atomic mass is 32.2. The topological polar surface area (TPSA) is 87.7 Å². The van der Waals surface area contributed by atoms with Crippen LogP contribution in [0.5, 0.6) is 0 Å². The predicted molar refractivity (Wildman–Crippen MR) is 54.7 cm³/mol. The molecule has 15 heavy (non-hydrogen) atoms. The molecule has 0 unspecified atom stereocenters. The number of hydrogen-bond donors (Lipinski definition) is 2. The molecule has 0 atom stereocenters. The van der Waals surface area contributed by atoms with Crippen molar-refractivity contribution in [2.24, 2.45) is 0 Å². The van der Waals surface area contributed by atoms with Crippen LogP contribution in [0.15, 0.2) is 27.9 Å². The van der Waals surface area contributed by atoms with Gasteiger partial charge in [0.15, 0.2) is 0 Å². The number of rotatable bonds is 4. The van der Waals surface area contributed by atoms with Gasteiger partial charge >= 0.3 is 0 Å². The molecular weight excluding hydrogens is 236 g/mol. The Morgan fingerprint density at radius 3 is 3.00 bits per heavy atom. The zero-order chi connectivity index (χ0) is 10.7. The van der Waals surface area contributed by atoms with Crippen LogP contribution < -0.4 is 4.72 Å². The van der Waals surface area contributed by atoms with Gasteiger partial charge in [0.1, 0.15) is 4.21 Å². The Morgan fingerprint density at radius 2 is 2.40 bits per heavy atom. The summed E-state index contributed by atoms with van der Waals surface area (Å²) in [6.07, 6.45) is 1.47. The molecule has 0 radical (unpaired) electrons.